The summed E-state index contributed by atoms with van der Waals surface area (Å²) < 4.78 is 13.9. The quantitative estimate of drug-likeness (QED) is 0.0498. The maximum absolute atomic E-state index is 6.94. The van der Waals surface area contributed by atoms with E-state index < -0.39 is 0 Å². The van der Waals surface area contributed by atoms with Crippen molar-refractivity contribution in [3.05, 3.63) is 60.9 Å². The van der Waals surface area contributed by atoms with Crippen LogP contribution in [0.1, 0.15) is 201 Å². The zero-order valence-electron chi connectivity index (χ0n) is 35.1. The Morgan fingerprint density at radius 1 is 0.566 bits per heavy atom. The molecule has 0 N–H and O–H groups in total. The number of fused-ring (bicyclic) bond motifs is 1. The first-order valence-corrected chi connectivity index (χ1v) is 23.0. The topological polar surface area (TPSA) is 34.1 Å². The second kappa shape index (κ2) is 29.5. The van der Waals surface area contributed by atoms with Crippen molar-refractivity contribution in [3.8, 4) is 0 Å². The number of hydrogen-bond donors (Lipinski definition) is 0. The molecule has 0 radical (unpaired) electrons. The van der Waals surface area contributed by atoms with Crippen molar-refractivity contribution in [2.75, 3.05) is 19.6 Å². The van der Waals surface area contributed by atoms with E-state index in [4.69, 9.17) is 9.47 Å². The molecule has 0 aromatic rings. The molecule has 0 bridgehead atoms. The van der Waals surface area contributed by atoms with E-state index in [-0.39, 0.29) is 23.4 Å². The fraction of sp³-hybridized carbons (Fsp3) is 0.776. The van der Waals surface area contributed by atoms with Gasteiger partial charge in [0.1, 0.15) is 12.2 Å². The molecule has 3 atom stereocenters. The van der Waals surface area contributed by atoms with E-state index in [1.807, 2.05) is 6.20 Å². The summed E-state index contributed by atoms with van der Waals surface area (Å²) in [5, 5.41) is 0. The van der Waals surface area contributed by atoms with Crippen LogP contribution in [-0.4, -0.2) is 48.7 Å². The van der Waals surface area contributed by atoms with E-state index in [1.54, 1.807) is 0 Å². The average molecular weight is 733 g/mol. The minimum absolute atomic E-state index is 0.230. The highest BCUT2D eigenvalue weighted by Gasteiger charge is 2.50. The summed E-state index contributed by atoms with van der Waals surface area (Å²) in [6.45, 7) is 10.1. The van der Waals surface area contributed by atoms with Gasteiger partial charge in [-0.3, -0.25) is 9.89 Å². The molecule has 4 nitrogen and oxygen atoms in total. The van der Waals surface area contributed by atoms with Crippen molar-refractivity contribution in [2.45, 2.75) is 219 Å². The molecule has 0 spiro atoms. The summed E-state index contributed by atoms with van der Waals surface area (Å²) in [5.41, 5.74) is 0.230. The van der Waals surface area contributed by atoms with Gasteiger partial charge in [-0.2, -0.15) is 0 Å². The smallest absolute Gasteiger partial charge is 0.169 e. The van der Waals surface area contributed by atoms with Gasteiger partial charge in [-0.15, -0.1) is 0 Å². The lowest BCUT2D eigenvalue weighted by atomic mass is 9.82. The maximum Gasteiger partial charge on any atom is 0.169 e. The zero-order chi connectivity index (χ0) is 37.6. The summed E-state index contributed by atoms with van der Waals surface area (Å²) in [7, 11) is 0. The molecule has 0 aliphatic carbocycles. The third-order valence-electron chi connectivity index (χ3n) is 11.8. The van der Waals surface area contributed by atoms with Gasteiger partial charge in [0, 0.05) is 38.3 Å². The van der Waals surface area contributed by atoms with Crippen LogP contribution in [0, 0.1) is 5.41 Å². The van der Waals surface area contributed by atoms with Gasteiger partial charge < -0.3 is 9.47 Å². The maximum atomic E-state index is 6.94. The Labute approximate surface area is 329 Å². The van der Waals surface area contributed by atoms with Gasteiger partial charge >= 0.3 is 0 Å². The van der Waals surface area contributed by atoms with E-state index in [0.717, 1.165) is 51.7 Å². The average Bonchev–Trinajstić information content (AvgIpc) is 3.70. The number of nitrogens with zero attached hydrogens (tertiary/aromatic N) is 2. The summed E-state index contributed by atoms with van der Waals surface area (Å²) in [4.78, 5) is 6.88. The minimum atomic E-state index is -0.347. The highest BCUT2D eigenvalue weighted by Crippen LogP contribution is 2.41. The molecule has 4 heteroatoms. The van der Waals surface area contributed by atoms with Crippen LogP contribution in [-0.2, 0) is 9.47 Å². The van der Waals surface area contributed by atoms with Crippen molar-refractivity contribution in [2.24, 2.45) is 10.4 Å². The highest BCUT2D eigenvalue weighted by molar-refractivity contribution is 5.61. The van der Waals surface area contributed by atoms with Crippen molar-refractivity contribution < 1.29 is 9.47 Å². The van der Waals surface area contributed by atoms with Crippen molar-refractivity contribution >= 4 is 6.21 Å². The van der Waals surface area contributed by atoms with Crippen LogP contribution < -0.4 is 0 Å². The van der Waals surface area contributed by atoms with Gasteiger partial charge in [-0.1, -0.05) is 153 Å². The standard InChI is InChI=1S/C49H84N2O2/c1-4-6-8-10-12-14-16-18-20-22-24-26-28-30-32-34-36-49(37-35-33-31-29-27-25-23-21-19-17-15-13-11-9-7-5-2)52-46-44-51(45-47(46)53-49)43-40-48(3)38-41-50-42-39-48/h12-15,18-21,38,41-42,46-47H,4-11,16-17,22-37,39-40,43-45H2,1-3H3/b14-12-,15-13-,20-18-,21-19-/t46-,47-,48?/m0/s1. The minimum Gasteiger partial charge on any atom is -0.343 e. The number of allylic oxidation sites excluding steroid dienone is 9. The molecule has 3 heterocycles. The number of rotatable bonds is 33. The van der Waals surface area contributed by atoms with Crippen molar-refractivity contribution in [1.82, 2.24) is 4.90 Å². The molecule has 3 rings (SSSR count). The molecule has 1 unspecified atom stereocenters. The summed E-state index contributed by atoms with van der Waals surface area (Å²) in [5.74, 6) is -0.347. The Balaban J connectivity index is 1.29. The van der Waals surface area contributed by atoms with Crippen LogP contribution in [0.2, 0.25) is 0 Å². The summed E-state index contributed by atoms with van der Waals surface area (Å²) in [6.07, 6.45) is 61.0. The number of aliphatic imine (C=N–C) groups is 1. The number of ether oxygens (including phenoxy) is 2. The fourth-order valence-corrected chi connectivity index (χ4v) is 8.14. The van der Waals surface area contributed by atoms with E-state index in [0.29, 0.717) is 0 Å². The second-order valence-corrected chi connectivity index (χ2v) is 16.9. The third kappa shape index (κ3) is 21.2. The molecule has 0 aromatic heterocycles. The molecular weight excluding hydrogens is 649 g/mol. The van der Waals surface area contributed by atoms with E-state index in [1.165, 1.54) is 148 Å². The fourth-order valence-electron chi connectivity index (χ4n) is 8.14. The first-order chi connectivity index (χ1) is 26.1. The van der Waals surface area contributed by atoms with Crippen LogP contribution in [0.4, 0.5) is 0 Å². The van der Waals surface area contributed by atoms with Gasteiger partial charge in [-0.05, 0) is 102 Å². The molecule has 53 heavy (non-hydrogen) atoms. The van der Waals surface area contributed by atoms with Crippen LogP contribution >= 0.6 is 0 Å². The largest absolute Gasteiger partial charge is 0.343 e. The number of likely N-dealkylation sites (tertiary alicyclic amines) is 1. The SMILES string of the molecule is CCCCC/C=C\C/C=C\CCCCCCCCC1(CCCCCCCC/C=C\C/C=C\CCCCC)O[C@H]2CN(CCC3(C)C=CN=CC3)C[C@@H]2O1. The normalized spacial score (nSPS) is 22.9. The molecule has 2 saturated heterocycles. The van der Waals surface area contributed by atoms with Crippen molar-refractivity contribution in [3.63, 3.8) is 0 Å². The predicted molar refractivity (Wildman–Crippen MR) is 232 cm³/mol. The Morgan fingerprint density at radius 2 is 1.00 bits per heavy atom. The first-order valence-electron chi connectivity index (χ1n) is 23.0. The molecule has 3 aliphatic heterocycles. The molecule has 302 valence electrons. The van der Waals surface area contributed by atoms with E-state index in [9.17, 15) is 0 Å². The number of unbranched alkanes of at least 4 members (excludes halogenated alkanes) is 18. The lowest BCUT2D eigenvalue weighted by molar-refractivity contribution is -0.194. The number of hydrogen-bond acceptors (Lipinski definition) is 4. The Bertz CT molecular complexity index is 1010. The van der Waals surface area contributed by atoms with Crippen LogP contribution in [0.5, 0.6) is 0 Å². The monoisotopic (exact) mass is 733 g/mol. The van der Waals surface area contributed by atoms with Crippen LogP contribution in [0.15, 0.2) is 65.9 Å². The predicted octanol–water partition coefficient (Wildman–Crippen LogP) is 14.6. The first kappa shape index (κ1) is 45.6. The Morgan fingerprint density at radius 3 is 1.43 bits per heavy atom. The highest BCUT2D eigenvalue weighted by atomic mass is 16.8. The van der Waals surface area contributed by atoms with Gasteiger partial charge in [-0.25, -0.2) is 0 Å². The van der Waals surface area contributed by atoms with Gasteiger partial charge in [0.05, 0.1) is 0 Å². The van der Waals surface area contributed by atoms with E-state index in [2.05, 4.69) is 91.6 Å². The lowest BCUT2D eigenvalue weighted by Gasteiger charge is -2.32. The molecule has 2 fully saturated rings. The van der Waals surface area contributed by atoms with Crippen LogP contribution in [0.3, 0.4) is 0 Å². The lowest BCUT2D eigenvalue weighted by Crippen LogP contribution is -2.36. The summed E-state index contributed by atoms with van der Waals surface area (Å²) in [6, 6.07) is 0. The third-order valence-corrected chi connectivity index (χ3v) is 11.8. The zero-order valence-corrected chi connectivity index (χ0v) is 35.1. The van der Waals surface area contributed by atoms with Gasteiger partial charge in [0.2, 0.25) is 0 Å². The molecule has 0 amide bonds. The van der Waals surface area contributed by atoms with Crippen molar-refractivity contribution in [1.29, 1.82) is 0 Å². The van der Waals surface area contributed by atoms with E-state index >= 15 is 0 Å². The molecule has 3 aliphatic rings. The molecular formula is C49H84N2O2. The Hall–Kier alpha value is -1.75. The van der Waals surface area contributed by atoms with Gasteiger partial charge in [0.25, 0.3) is 0 Å². The molecule has 0 aromatic carbocycles. The molecule has 0 saturated carbocycles. The van der Waals surface area contributed by atoms with Gasteiger partial charge in [0.15, 0.2) is 5.79 Å². The Kier molecular flexibility index (Phi) is 25.4. The van der Waals surface area contributed by atoms with Crippen LogP contribution in [0.25, 0.3) is 0 Å². The second-order valence-electron chi connectivity index (χ2n) is 16.9. The summed E-state index contributed by atoms with van der Waals surface area (Å²) >= 11 is 0.